The normalized spacial score (nSPS) is 34.0. The van der Waals surface area contributed by atoms with Crippen LogP contribution in [0.5, 0.6) is 0 Å². The van der Waals surface area contributed by atoms with Gasteiger partial charge in [0.15, 0.2) is 0 Å². The molecule has 1 saturated carbocycles. The van der Waals surface area contributed by atoms with Crippen LogP contribution in [-0.4, -0.2) is 11.2 Å². The largest absolute Gasteiger partial charge is 0.393 e. The summed E-state index contributed by atoms with van der Waals surface area (Å²) in [6.07, 6.45) is 5.11. The Bertz CT molecular complexity index is 196. The summed E-state index contributed by atoms with van der Waals surface area (Å²) in [6.45, 7) is 11.3. The van der Waals surface area contributed by atoms with Crippen LogP contribution in [0.3, 0.4) is 0 Å². The summed E-state index contributed by atoms with van der Waals surface area (Å²) < 4.78 is 0. The second kappa shape index (κ2) is 4.86. The zero-order valence-corrected chi connectivity index (χ0v) is 11.1. The van der Waals surface area contributed by atoms with E-state index in [1.54, 1.807) is 0 Å². The van der Waals surface area contributed by atoms with Crippen molar-refractivity contribution in [3.8, 4) is 0 Å². The van der Waals surface area contributed by atoms with Gasteiger partial charge >= 0.3 is 0 Å². The summed E-state index contributed by atoms with van der Waals surface area (Å²) in [5, 5.41) is 9.48. The highest BCUT2D eigenvalue weighted by molar-refractivity contribution is 4.89. The summed E-state index contributed by atoms with van der Waals surface area (Å²) in [6, 6.07) is 0. The van der Waals surface area contributed by atoms with Gasteiger partial charge in [-0.15, -0.1) is 0 Å². The van der Waals surface area contributed by atoms with Crippen LogP contribution < -0.4 is 0 Å². The van der Waals surface area contributed by atoms with E-state index in [0.717, 1.165) is 11.8 Å². The minimum absolute atomic E-state index is 0.146. The van der Waals surface area contributed by atoms with Gasteiger partial charge in [-0.05, 0) is 55.8 Å². The number of aliphatic hydroxyl groups is 1. The number of rotatable bonds is 4. The highest BCUT2D eigenvalue weighted by atomic mass is 16.3. The topological polar surface area (TPSA) is 20.2 Å². The molecule has 0 bridgehead atoms. The molecule has 0 saturated heterocycles. The van der Waals surface area contributed by atoms with E-state index in [1.807, 2.05) is 6.92 Å². The van der Waals surface area contributed by atoms with Crippen LogP contribution in [-0.2, 0) is 0 Å². The molecule has 1 fully saturated rings. The number of hydrogen-bond acceptors (Lipinski definition) is 1. The molecule has 0 amide bonds. The standard InChI is InChI=1S/C14H28O/c1-10(12(3)15)6-8-13-9-7-11(2)14(13,4)5/h10-13,15H,6-9H2,1-5H3/t10?,11-,12?,13?/m0/s1. The Morgan fingerprint density at radius 2 is 1.87 bits per heavy atom. The van der Waals surface area contributed by atoms with Crippen LogP contribution in [0.25, 0.3) is 0 Å². The van der Waals surface area contributed by atoms with Crippen molar-refractivity contribution in [2.45, 2.75) is 66.4 Å². The number of aliphatic hydroxyl groups excluding tert-OH is 1. The molecule has 1 N–H and O–H groups in total. The van der Waals surface area contributed by atoms with Gasteiger partial charge in [0.2, 0.25) is 0 Å². The average molecular weight is 212 g/mol. The van der Waals surface area contributed by atoms with Crippen molar-refractivity contribution in [3.63, 3.8) is 0 Å². The fourth-order valence-corrected chi connectivity index (χ4v) is 2.82. The fourth-order valence-electron chi connectivity index (χ4n) is 2.82. The Morgan fingerprint density at radius 1 is 1.27 bits per heavy atom. The van der Waals surface area contributed by atoms with Gasteiger partial charge in [-0.3, -0.25) is 0 Å². The van der Waals surface area contributed by atoms with E-state index < -0.39 is 0 Å². The number of hydrogen-bond donors (Lipinski definition) is 1. The molecule has 1 rings (SSSR count). The Labute approximate surface area is 95.3 Å². The van der Waals surface area contributed by atoms with Gasteiger partial charge in [0.1, 0.15) is 0 Å². The minimum Gasteiger partial charge on any atom is -0.393 e. The Balaban J connectivity index is 2.40. The van der Waals surface area contributed by atoms with E-state index in [2.05, 4.69) is 27.7 Å². The van der Waals surface area contributed by atoms with Gasteiger partial charge in [0.05, 0.1) is 6.10 Å². The first kappa shape index (κ1) is 13.0. The maximum Gasteiger partial charge on any atom is 0.0537 e. The van der Waals surface area contributed by atoms with Crippen LogP contribution in [0.2, 0.25) is 0 Å². The molecule has 1 heteroatoms. The van der Waals surface area contributed by atoms with E-state index in [9.17, 15) is 5.11 Å². The SMILES string of the molecule is CC(O)C(C)CCC1CC[C@H](C)C1(C)C. The highest BCUT2D eigenvalue weighted by Crippen LogP contribution is 2.49. The van der Waals surface area contributed by atoms with Crippen LogP contribution >= 0.6 is 0 Å². The third-order valence-corrected chi connectivity index (χ3v) is 5.06. The lowest BCUT2D eigenvalue weighted by atomic mass is 9.74. The van der Waals surface area contributed by atoms with Crippen molar-refractivity contribution in [2.24, 2.45) is 23.2 Å². The molecule has 0 heterocycles. The molecule has 0 aromatic rings. The summed E-state index contributed by atoms with van der Waals surface area (Å²) in [4.78, 5) is 0. The first-order valence-electron chi connectivity index (χ1n) is 6.53. The van der Waals surface area contributed by atoms with Crippen molar-refractivity contribution in [1.82, 2.24) is 0 Å². The summed E-state index contributed by atoms with van der Waals surface area (Å²) in [5.41, 5.74) is 0.512. The molecule has 1 nitrogen and oxygen atoms in total. The van der Waals surface area contributed by atoms with E-state index in [4.69, 9.17) is 0 Å². The Kier molecular flexibility index (Phi) is 4.22. The molecule has 0 aliphatic heterocycles. The van der Waals surface area contributed by atoms with Crippen molar-refractivity contribution >= 4 is 0 Å². The van der Waals surface area contributed by atoms with Crippen LogP contribution in [0.4, 0.5) is 0 Å². The summed E-state index contributed by atoms with van der Waals surface area (Å²) >= 11 is 0. The summed E-state index contributed by atoms with van der Waals surface area (Å²) in [7, 11) is 0. The molecule has 1 aliphatic carbocycles. The molecule has 3 unspecified atom stereocenters. The van der Waals surface area contributed by atoms with E-state index >= 15 is 0 Å². The quantitative estimate of drug-likeness (QED) is 0.750. The first-order chi connectivity index (χ1) is 6.85. The Morgan fingerprint density at radius 3 is 2.27 bits per heavy atom. The summed E-state index contributed by atoms with van der Waals surface area (Å²) in [5.74, 6) is 2.19. The van der Waals surface area contributed by atoms with Gasteiger partial charge in [-0.25, -0.2) is 0 Å². The van der Waals surface area contributed by atoms with E-state index in [0.29, 0.717) is 11.3 Å². The third kappa shape index (κ3) is 2.96. The van der Waals surface area contributed by atoms with Gasteiger partial charge in [0.25, 0.3) is 0 Å². The fraction of sp³-hybridized carbons (Fsp3) is 1.00. The molecular weight excluding hydrogens is 184 g/mol. The van der Waals surface area contributed by atoms with Gasteiger partial charge < -0.3 is 5.11 Å². The van der Waals surface area contributed by atoms with Gasteiger partial charge in [0, 0.05) is 0 Å². The van der Waals surface area contributed by atoms with E-state index in [1.165, 1.54) is 25.7 Å². The zero-order chi connectivity index (χ0) is 11.6. The molecule has 0 spiro atoms. The van der Waals surface area contributed by atoms with Crippen molar-refractivity contribution < 1.29 is 5.11 Å². The van der Waals surface area contributed by atoms with Crippen LogP contribution in [0, 0.1) is 23.2 Å². The van der Waals surface area contributed by atoms with Crippen LogP contribution in [0.15, 0.2) is 0 Å². The van der Waals surface area contributed by atoms with Gasteiger partial charge in [-0.2, -0.15) is 0 Å². The van der Waals surface area contributed by atoms with Crippen LogP contribution in [0.1, 0.15) is 60.3 Å². The van der Waals surface area contributed by atoms with E-state index in [-0.39, 0.29) is 6.10 Å². The smallest absolute Gasteiger partial charge is 0.0537 e. The molecule has 0 radical (unpaired) electrons. The molecule has 4 atom stereocenters. The molecule has 1 aliphatic rings. The highest BCUT2D eigenvalue weighted by Gasteiger charge is 2.39. The predicted octanol–water partition coefficient (Wildman–Crippen LogP) is 3.86. The molecule has 0 aromatic carbocycles. The maximum atomic E-state index is 9.48. The molecule has 0 aromatic heterocycles. The zero-order valence-electron chi connectivity index (χ0n) is 11.1. The van der Waals surface area contributed by atoms with Crippen molar-refractivity contribution in [1.29, 1.82) is 0 Å². The lowest BCUT2D eigenvalue weighted by Crippen LogP contribution is -2.24. The second-order valence-electron chi connectivity index (χ2n) is 6.29. The lowest BCUT2D eigenvalue weighted by molar-refractivity contribution is 0.114. The maximum absolute atomic E-state index is 9.48. The average Bonchev–Trinajstić information content (AvgIpc) is 2.39. The predicted molar refractivity (Wildman–Crippen MR) is 65.7 cm³/mol. The molecule has 15 heavy (non-hydrogen) atoms. The molecular formula is C14H28O. The Hall–Kier alpha value is -0.0400. The van der Waals surface area contributed by atoms with Crippen molar-refractivity contribution in [2.75, 3.05) is 0 Å². The second-order valence-corrected chi connectivity index (χ2v) is 6.29. The van der Waals surface area contributed by atoms with Gasteiger partial charge in [-0.1, -0.05) is 27.7 Å². The minimum atomic E-state index is -0.146. The third-order valence-electron chi connectivity index (χ3n) is 5.06. The first-order valence-corrected chi connectivity index (χ1v) is 6.53. The monoisotopic (exact) mass is 212 g/mol. The molecule has 90 valence electrons. The lowest BCUT2D eigenvalue weighted by Gasteiger charge is -2.32. The van der Waals surface area contributed by atoms with Crippen molar-refractivity contribution in [3.05, 3.63) is 0 Å².